The number of nitrogens with one attached hydrogen (secondary N) is 3. The van der Waals surface area contributed by atoms with Crippen molar-refractivity contribution in [3.63, 3.8) is 0 Å². The Kier molecular flexibility index (Phi) is 5.02. The molecule has 1 amide bonds. The molecule has 0 aromatic heterocycles. The number of carbonyl (C=O) groups excluding carboxylic acids is 1. The molecule has 1 aliphatic carbocycles. The first kappa shape index (κ1) is 17.9. The predicted octanol–water partition coefficient (Wildman–Crippen LogP) is 2.49. The highest BCUT2D eigenvalue weighted by atomic mass is 19.1. The molecular formula is C21H30FN3O. The van der Waals surface area contributed by atoms with Gasteiger partial charge in [-0.05, 0) is 62.2 Å². The van der Waals surface area contributed by atoms with E-state index in [0.717, 1.165) is 70.1 Å². The summed E-state index contributed by atoms with van der Waals surface area (Å²) >= 11 is 0. The van der Waals surface area contributed by atoms with Gasteiger partial charge in [0.25, 0.3) is 0 Å². The van der Waals surface area contributed by atoms with Crippen molar-refractivity contribution in [3.05, 3.63) is 35.6 Å². The third kappa shape index (κ3) is 3.39. The molecule has 4 rings (SSSR count). The number of benzene rings is 1. The Morgan fingerprint density at radius 1 is 1.15 bits per heavy atom. The van der Waals surface area contributed by atoms with Crippen molar-refractivity contribution in [3.8, 4) is 0 Å². The Labute approximate surface area is 155 Å². The lowest BCUT2D eigenvalue weighted by Gasteiger charge is -2.33. The molecule has 26 heavy (non-hydrogen) atoms. The fourth-order valence-electron chi connectivity index (χ4n) is 5.30. The van der Waals surface area contributed by atoms with E-state index < -0.39 is 0 Å². The highest BCUT2D eigenvalue weighted by Crippen LogP contribution is 2.42. The van der Waals surface area contributed by atoms with E-state index in [0.29, 0.717) is 6.54 Å². The van der Waals surface area contributed by atoms with Gasteiger partial charge in [-0.25, -0.2) is 4.39 Å². The zero-order chi connectivity index (χ0) is 18.0. The van der Waals surface area contributed by atoms with Gasteiger partial charge < -0.3 is 16.0 Å². The molecule has 1 spiro atoms. The van der Waals surface area contributed by atoms with Crippen LogP contribution in [0.15, 0.2) is 24.3 Å². The van der Waals surface area contributed by atoms with Crippen LogP contribution in [0.2, 0.25) is 0 Å². The standard InChI is InChI=1S/C21H30FN3O/c22-17-6-2-1-5-16(17)21(7-3-4-8-21)15-25-19(26)18-13-20(14-24-18)9-11-23-12-10-20/h1-2,5-6,18,23-24H,3-4,7-15H2,(H,25,26)/t18-/m0/s1. The summed E-state index contributed by atoms with van der Waals surface area (Å²) in [6.45, 7) is 3.57. The summed E-state index contributed by atoms with van der Waals surface area (Å²) in [5, 5.41) is 10.0. The van der Waals surface area contributed by atoms with E-state index in [1.807, 2.05) is 12.1 Å². The minimum Gasteiger partial charge on any atom is -0.354 e. The maximum absolute atomic E-state index is 14.4. The number of hydrogen-bond acceptors (Lipinski definition) is 3. The van der Waals surface area contributed by atoms with Crippen LogP contribution >= 0.6 is 0 Å². The normalized spacial score (nSPS) is 26.9. The number of amides is 1. The number of piperidine rings is 1. The van der Waals surface area contributed by atoms with Crippen LogP contribution in [-0.2, 0) is 10.2 Å². The lowest BCUT2D eigenvalue weighted by atomic mass is 9.77. The van der Waals surface area contributed by atoms with Crippen LogP contribution < -0.4 is 16.0 Å². The van der Waals surface area contributed by atoms with Gasteiger partial charge in [0, 0.05) is 18.5 Å². The molecule has 4 nitrogen and oxygen atoms in total. The highest BCUT2D eigenvalue weighted by molar-refractivity contribution is 5.82. The van der Waals surface area contributed by atoms with E-state index in [9.17, 15) is 9.18 Å². The molecule has 1 aromatic rings. The fraction of sp³-hybridized carbons (Fsp3) is 0.667. The molecule has 1 saturated carbocycles. The molecule has 0 bridgehead atoms. The molecule has 3 fully saturated rings. The van der Waals surface area contributed by atoms with Gasteiger partial charge in [0.05, 0.1) is 6.04 Å². The van der Waals surface area contributed by atoms with Gasteiger partial charge in [-0.2, -0.15) is 0 Å². The Hall–Kier alpha value is -1.46. The van der Waals surface area contributed by atoms with Gasteiger partial charge in [-0.3, -0.25) is 4.79 Å². The molecule has 3 aliphatic rings. The molecule has 2 heterocycles. The van der Waals surface area contributed by atoms with Crippen LogP contribution in [0.5, 0.6) is 0 Å². The van der Waals surface area contributed by atoms with Crippen molar-refractivity contribution in [1.82, 2.24) is 16.0 Å². The number of carbonyl (C=O) groups is 1. The zero-order valence-corrected chi connectivity index (χ0v) is 15.5. The van der Waals surface area contributed by atoms with Gasteiger partial charge in [0.2, 0.25) is 5.91 Å². The second-order valence-electron chi connectivity index (χ2n) is 8.57. The summed E-state index contributed by atoms with van der Waals surface area (Å²) in [7, 11) is 0. The summed E-state index contributed by atoms with van der Waals surface area (Å²) in [6.07, 6.45) is 7.30. The van der Waals surface area contributed by atoms with Crippen LogP contribution in [0.25, 0.3) is 0 Å². The Morgan fingerprint density at radius 3 is 2.62 bits per heavy atom. The minimum atomic E-state index is -0.244. The topological polar surface area (TPSA) is 53.2 Å². The lowest BCUT2D eigenvalue weighted by Crippen LogP contribution is -2.46. The molecule has 142 valence electrons. The summed E-state index contributed by atoms with van der Waals surface area (Å²) in [6, 6.07) is 6.97. The molecule has 5 heteroatoms. The van der Waals surface area contributed by atoms with Crippen LogP contribution in [0.4, 0.5) is 4.39 Å². The summed E-state index contributed by atoms with van der Waals surface area (Å²) in [5.74, 6) is -0.0562. The van der Waals surface area contributed by atoms with E-state index in [2.05, 4.69) is 16.0 Å². The first-order valence-electron chi connectivity index (χ1n) is 10.1. The Morgan fingerprint density at radius 2 is 1.88 bits per heavy atom. The second-order valence-corrected chi connectivity index (χ2v) is 8.57. The number of halogens is 1. The second kappa shape index (κ2) is 7.28. The lowest BCUT2D eigenvalue weighted by molar-refractivity contribution is -0.123. The largest absolute Gasteiger partial charge is 0.354 e. The third-order valence-corrected chi connectivity index (χ3v) is 6.95. The van der Waals surface area contributed by atoms with Crippen molar-refractivity contribution in [2.75, 3.05) is 26.2 Å². The van der Waals surface area contributed by atoms with Crippen molar-refractivity contribution in [2.45, 2.75) is 56.4 Å². The SMILES string of the molecule is O=C(NCC1(c2ccccc2F)CCCC1)[C@@H]1CC2(CCNCC2)CN1. The van der Waals surface area contributed by atoms with E-state index >= 15 is 0 Å². The van der Waals surface area contributed by atoms with E-state index in [-0.39, 0.29) is 28.6 Å². The van der Waals surface area contributed by atoms with Gasteiger partial charge in [-0.1, -0.05) is 31.0 Å². The van der Waals surface area contributed by atoms with Crippen LogP contribution in [-0.4, -0.2) is 38.1 Å². The molecule has 3 N–H and O–H groups in total. The fourth-order valence-corrected chi connectivity index (χ4v) is 5.30. The molecule has 1 atom stereocenters. The molecule has 2 aliphatic heterocycles. The van der Waals surface area contributed by atoms with E-state index in [1.165, 1.54) is 6.07 Å². The van der Waals surface area contributed by atoms with Gasteiger partial charge >= 0.3 is 0 Å². The first-order valence-corrected chi connectivity index (χ1v) is 10.1. The van der Waals surface area contributed by atoms with Gasteiger partial charge in [-0.15, -0.1) is 0 Å². The molecule has 0 unspecified atom stereocenters. The van der Waals surface area contributed by atoms with Gasteiger partial charge in [0.1, 0.15) is 5.82 Å². The van der Waals surface area contributed by atoms with Crippen LogP contribution in [0.1, 0.15) is 50.5 Å². The van der Waals surface area contributed by atoms with Crippen molar-refractivity contribution in [2.24, 2.45) is 5.41 Å². The monoisotopic (exact) mass is 359 g/mol. The van der Waals surface area contributed by atoms with Gasteiger partial charge in [0.15, 0.2) is 0 Å². The highest BCUT2D eigenvalue weighted by Gasteiger charge is 2.43. The molecular weight excluding hydrogens is 329 g/mol. The number of rotatable bonds is 4. The zero-order valence-electron chi connectivity index (χ0n) is 15.5. The maximum atomic E-state index is 14.4. The average molecular weight is 359 g/mol. The third-order valence-electron chi connectivity index (χ3n) is 6.95. The minimum absolute atomic E-state index is 0.0861. The van der Waals surface area contributed by atoms with Crippen molar-refractivity contribution < 1.29 is 9.18 Å². The Balaban J connectivity index is 1.41. The maximum Gasteiger partial charge on any atom is 0.237 e. The predicted molar refractivity (Wildman–Crippen MR) is 101 cm³/mol. The number of hydrogen-bond donors (Lipinski definition) is 3. The van der Waals surface area contributed by atoms with E-state index in [1.54, 1.807) is 6.07 Å². The first-order chi connectivity index (χ1) is 12.6. The summed E-state index contributed by atoms with van der Waals surface area (Å²) in [4.78, 5) is 12.8. The molecule has 2 saturated heterocycles. The van der Waals surface area contributed by atoms with Crippen LogP contribution in [0.3, 0.4) is 0 Å². The van der Waals surface area contributed by atoms with Crippen molar-refractivity contribution >= 4 is 5.91 Å². The van der Waals surface area contributed by atoms with Crippen molar-refractivity contribution in [1.29, 1.82) is 0 Å². The summed E-state index contributed by atoms with van der Waals surface area (Å²) < 4.78 is 14.4. The Bertz CT molecular complexity index is 650. The summed E-state index contributed by atoms with van der Waals surface area (Å²) in [5.41, 5.74) is 0.808. The smallest absolute Gasteiger partial charge is 0.237 e. The average Bonchev–Trinajstić information content (AvgIpc) is 3.29. The molecule has 1 aromatic carbocycles. The van der Waals surface area contributed by atoms with Crippen LogP contribution in [0, 0.1) is 11.2 Å². The quantitative estimate of drug-likeness (QED) is 0.774. The van der Waals surface area contributed by atoms with E-state index in [4.69, 9.17) is 0 Å². The molecule has 0 radical (unpaired) electrons.